The van der Waals surface area contributed by atoms with Gasteiger partial charge in [0.05, 0.1) is 12.7 Å². The average Bonchev–Trinajstić information content (AvgIpc) is 2.85. The number of carbonyl (C=O) groups excluding carboxylic acids is 1. The number of aromatic nitrogens is 3. The maximum absolute atomic E-state index is 12.0. The van der Waals surface area contributed by atoms with Crippen LogP contribution >= 0.6 is 15.9 Å². The summed E-state index contributed by atoms with van der Waals surface area (Å²) in [5.74, 6) is -0.0751. The number of hydrogen-bond donors (Lipinski definition) is 1. The number of hydrogen-bond acceptors (Lipinski definition) is 3. The first-order valence-electron chi connectivity index (χ1n) is 5.55. The van der Waals surface area contributed by atoms with Crippen molar-refractivity contribution in [3.63, 3.8) is 0 Å². The molecule has 94 valence electrons. The largest absolute Gasteiger partial charge is 0.350 e. The predicted octanol–water partition coefficient (Wildman–Crippen LogP) is 1.78. The molecule has 0 unspecified atom stereocenters. The van der Waals surface area contributed by atoms with Gasteiger partial charge in [-0.1, -0.05) is 27.2 Å². The number of rotatable bonds is 4. The van der Waals surface area contributed by atoms with Crippen molar-refractivity contribution in [3.8, 4) is 0 Å². The van der Waals surface area contributed by atoms with E-state index in [0.29, 0.717) is 18.7 Å². The molecule has 2 aromatic rings. The molecule has 0 radical (unpaired) electrons. The molecule has 5 nitrogen and oxygen atoms in total. The number of nitrogens with one attached hydrogen (secondary N) is 1. The highest BCUT2D eigenvalue weighted by molar-refractivity contribution is 9.10. The van der Waals surface area contributed by atoms with E-state index in [1.54, 1.807) is 17.1 Å². The Labute approximate surface area is 113 Å². The normalized spacial score (nSPS) is 10.3. The Morgan fingerprint density at radius 2 is 2.33 bits per heavy atom. The number of aryl methyl sites for hydroxylation is 1. The summed E-state index contributed by atoms with van der Waals surface area (Å²) in [6.45, 7) is 3.05. The smallest absolute Gasteiger partial charge is 0.251 e. The van der Waals surface area contributed by atoms with Crippen LogP contribution in [0.2, 0.25) is 0 Å². The minimum atomic E-state index is -0.0751. The zero-order valence-electron chi connectivity index (χ0n) is 9.93. The molecule has 0 aliphatic carbocycles. The van der Waals surface area contributed by atoms with Crippen LogP contribution in [0.25, 0.3) is 0 Å². The van der Waals surface area contributed by atoms with Gasteiger partial charge in [-0.2, -0.15) is 0 Å². The Bertz CT molecular complexity index is 539. The molecular weight excluding hydrogens is 296 g/mol. The van der Waals surface area contributed by atoms with E-state index in [2.05, 4.69) is 31.6 Å². The molecular formula is C12H13BrN4O. The van der Waals surface area contributed by atoms with Gasteiger partial charge in [-0.3, -0.25) is 9.48 Å². The monoisotopic (exact) mass is 308 g/mol. The molecule has 1 N–H and O–H groups in total. The lowest BCUT2D eigenvalue weighted by Gasteiger charge is -2.08. The maximum Gasteiger partial charge on any atom is 0.251 e. The number of nitrogens with zero attached hydrogens (tertiary/aromatic N) is 3. The summed E-state index contributed by atoms with van der Waals surface area (Å²) < 4.78 is 2.57. The molecule has 1 amide bonds. The summed E-state index contributed by atoms with van der Waals surface area (Å²) in [5.41, 5.74) is 1.64. The summed E-state index contributed by atoms with van der Waals surface area (Å²) in [4.78, 5) is 12.0. The lowest BCUT2D eigenvalue weighted by atomic mass is 10.1. The first-order valence-corrected chi connectivity index (χ1v) is 6.34. The van der Waals surface area contributed by atoms with Crippen LogP contribution in [0, 0.1) is 6.92 Å². The second-order valence-corrected chi connectivity index (χ2v) is 4.80. The number of halogens is 1. The van der Waals surface area contributed by atoms with Crippen molar-refractivity contribution in [2.24, 2.45) is 0 Å². The van der Waals surface area contributed by atoms with E-state index < -0.39 is 0 Å². The minimum Gasteiger partial charge on any atom is -0.350 e. The Kier molecular flexibility index (Phi) is 4.09. The molecule has 2 rings (SSSR count). The van der Waals surface area contributed by atoms with Crippen molar-refractivity contribution in [1.29, 1.82) is 0 Å². The lowest BCUT2D eigenvalue weighted by Crippen LogP contribution is -2.28. The molecule has 6 heteroatoms. The van der Waals surface area contributed by atoms with Crippen molar-refractivity contribution < 1.29 is 4.79 Å². The summed E-state index contributed by atoms with van der Waals surface area (Å²) in [5, 5.41) is 10.4. The zero-order chi connectivity index (χ0) is 13.0. The van der Waals surface area contributed by atoms with Crippen molar-refractivity contribution in [3.05, 3.63) is 46.2 Å². The third-order valence-electron chi connectivity index (χ3n) is 2.54. The Morgan fingerprint density at radius 1 is 1.50 bits per heavy atom. The van der Waals surface area contributed by atoms with E-state index in [-0.39, 0.29) is 5.91 Å². The van der Waals surface area contributed by atoms with Crippen LogP contribution < -0.4 is 5.32 Å². The highest BCUT2D eigenvalue weighted by Gasteiger charge is 2.08. The highest BCUT2D eigenvalue weighted by atomic mass is 79.9. The van der Waals surface area contributed by atoms with Gasteiger partial charge < -0.3 is 5.32 Å². The molecule has 1 aromatic carbocycles. The second kappa shape index (κ2) is 5.77. The van der Waals surface area contributed by atoms with Crippen LogP contribution in [-0.4, -0.2) is 27.4 Å². The van der Waals surface area contributed by atoms with Gasteiger partial charge in [0.2, 0.25) is 0 Å². The van der Waals surface area contributed by atoms with E-state index in [4.69, 9.17) is 0 Å². The van der Waals surface area contributed by atoms with Crippen LogP contribution in [0.3, 0.4) is 0 Å². The van der Waals surface area contributed by atoms with Gasteiger partial charge >= 0.3 is 0 Å². The fraction of sp³-hybridized carbons (Fsp3) is 0.250. The predicted molar refractivity (Wildman–Crippen MR) is 71.2 cm³/mol. The molecule has 0 bridgehead atoms. The molecule has 0 aliphatic rings. The van der Waals surface area contributed by atoms with Crippen molar-refractivity contribution in [2.75, 3.05) is 6.54 Å². The van der Waals surface area contributed by atoms with E-state index in [1.165, 1.54) is 0 Å². The van der Waals surface area contributed by atoms with Gasteiger partial charge in [-0.05, 0) is 24.6 Å². The van der Waals surface area contributed by atoms with Crippen LogP contribution in [0.15, 0.2) is 35.1 Å². The van der Waals surface area contributed by atoms with Crippen LogP contribution in [-0.2, 0) is 6.54 Å². The first kappa shape index (κ1) is 12.8. The highest BCUT2D eigenvalue weighted by Crippen LogP contribution is 2.15. The summed E-state index contributed by atoms with van der Waals surface area (Å²) in [7, 11) is 0. The first-order chi connectivity index (χ1) is 8.66. The summed E-state index contributed by atoms with van der Waals surface area (Å²) in [6.07, 6.45) is 3.37. The molecule has 0 saturated heterocycles. The van der Waals surface area contributed by atoms with E-state index >= 15 is 0 Å². The Morgan fingerprint density at radius 3 is 3.06 bits per heavy atom. The van der Waals surface area contributed by atoms with E-state index in [0.717, 1.165) is 10.0 Å². The van der Waals surface area contributed by atoms with Crippen LogP contribution in [0.5, 0.6) is 0 Å². The number of amides is 1. The topological polar surface area (TPSA) is 59.8 Å². The quantitative estimate of drug-likeness (QED) is 0.936. The second-order valence-electron chi connectivity index (χ2n) is 3.88. The van der Waals surface area contributed by atoms with Gasteiger partial charge in [-0.25, -0.2) is 0 Å². The molecule has 18 heavy (non-hydrogen) atoms. The average molecular weight is 309 g/mol. The van der Waals surface area contributed by atoms with Gasteiger partial charge in [0, 0.05) is 22.8 Å². The van der Waals surface area contributed by atoms with Crippen molar-refractivity contribution in [2.45, 2.75) is 13.5 Å². The molecule has 1 aromatic heterocycles. The van der Waals surface area contributed by atoms with Gasteiger partial charge in [0.15, 0.2) is 0 Å². The standard InChI is InChI=1S/C12H13BrN4O/c1-9-2-3-10(13)8-11(9)12(18)14-4-6-17-7-5-15-16-17/h2-3,5,7-8H,4,6H2,1H3,(H,14,18). The Balaban J connectivity index is 1.93. The number of carbonyl (C=O) groups is 1. The lowest BCUT2D eigenvalue weighted by molar-refractivity contribution is 0.0951. The molecule has 1 heterocycles. The summed E-state index contributed by atoms with van der Waals surface area (Å²) >= 11 is 3.36. The third kappa shape index (κ3) is 3.16. The minimum absolute atomic E-state index is 0.0751. The van der Waals surface area contributed by atoms with Gasteiger partial charge in [0.25, 0.3) is 5.91 Å². The maximum atomic E-state index is 12.0. The third-order valence-corrected chi connectivity index (χ3v) is 3.04. The van der Waals surface area contributed by atoms with Crippen LogP contribution in [0.1, 0.15) is 15.9 Å². The molecule has 0 atom stereocenters. The Hall–Kier alpha value is -1.69. The molecule has 0 saturated carbocycles. The van der Waals surface area contributed by atoms with Crippen molar-refractivity contribution >= 4 is 21.8 Å². The SMILES string of the molecule is Cc1ccc(Br)cc1C(=O)NCCn1ccnn1. The molecule has 0 fully saturated rings. The fourth-order valence-electron chi connectivity index (χ4n) is 1.57. The van der Waals surface area contributed by atoms with E-state index in [1.807, 2.05) is 25.1 Å². The van der Waals surface area contributed by atoms with Crippen molar-refractivity contribution in [1.82, 2.24) is 20.3 Å². The zero-order valence-corrected chi connectivity index (χ0v) is 11.5. The molecule has 0 aliphatic heterocycles. The number of benzene rings is 1. The summed E-state index contributed by atoms with van der Waals surface area (Å²) in [6, 6.07) is 5.65. The molecule has 0 spiro atoms. The van der Waals surface area contributed by atoms with Gasteiger partial charge in [0.1, 0.15) is 0 Å². The van der Waals surface area contributed by atoms with E-state index in [9.17, 15) is 4.79 Å². The van der Waals surface area contributed by atoms with Crippen LogP contribution in [0.4, 0.5) is 0 Å². The van der Waals surface area contributed by atoms with Gasteiger partial charge in [-0.15, -0.1) is 5.10 Å². The fourth-order valence-corrected chi connectivity index (χ4v) is 1.93.